The normalized spacial score (nSPS) is 21.0. The SMILES string of the molecule is CCOC(=O)CC1(NC)CCc2ccc(OC)cc21. The number of carbonyl (C=O) groups is 1. The fourth-order valence-electron chi connectivity index (χ4n) is 2.82. The molecule has 1 unspecified atom stereocenters. The van der Waals surface area contributed by atoms with Gasteiger partial charge in [0.15, 0.2) is 0 Å². The van der Waals surface area contributed by atoms with Crippen molar-refractivity contribution in [2.75, 3.05) is 20.8 Å². The number of ether oxygens (including phenoxy) is 2. The van der Waals surface area contributed by atoms with Crippen molar-refractivity contribution in [1.29, 1.82) is 0 Å². The summed E-state index contributed by atoms with van der Waals surface area (Å²) in [6.45, 7) is 2.25. The van der Waals surface area contributed by atoms with Crippen LogP contribution in [-0.2, 0) is 21.5 Å². The van der Waals surface area contributed by atoms with Crippen molar-refractivity contribution in [3.05, 3.63) is 29.3 Å². The Kier molecular flexibility index (Phi) is 4.10. The maximum absolute atomic E-state index is 11.8. The molecule has 0 aromatic heterocycles. The lowest BCUT2D eigenvalue weighted by Crippen LogP contribution is -2.40. The van der Waals surface area contributed by atoms with Crippen molar-refractivity contribution in [2.24, 2.45) is 0 Å². The minimum absolute atomic E-state index is 0.160. The predicted molar refractivity (Wildman–Crippen MR) is 73.3 cm³/mol. The van der Waals surface area contributed by atoms with Crippen molar-refractivity contribution < 1.29 is 14.3 Å². The summed E-state index contributed by atoms with van der Waals surface area (Å²) in [5.74, 6) is 0.664. The Balaban J connectivity index is 2.32. The summed E-state index contributed by atoms with van der Waals surface area (Å²) in [5, 5.41) is 3.32. The molecule has 1 aromatic carbocycles. The van der Waals surface area contributed by atoms with Gasteiger partial charge in [-0.05, 0) is 50.1 Å². The molecule has 4 nitrogen and oxygen atoms in total. The molecule has 19 heavy (non-hydrogen) atoms. The Labute approximate surface area is 114 Å². The van der Waals surface area contributed by atoms with E-state index in [0.717, 1.165) is 24.2 Å². The predicted octanol–water partition coefficient (Wildman–Crippen LogP) is 2.01. The minimum atomic E-state index is -0.323. The van der Waals surface area contributed by atoms with Crippen LogP contribution in [0, 0.1) is 0 Å². The molecule has 0 aliphatic heterocycles. The topological polar surface area (TPSA) is 47.6 Å². The zero-order chi connectivity index (χ0) is 13.9. The van der Waals surface area contributed by atoms with Crippen LogP contribution in [0.3, 0.4) is 0 Å². The summed E-state index contributed by atoms with van der Waals surface area (Å²) in [6.07, 6.45) is 2.24. The first-order valence-electron chi connectivity index (χ1n) is 6.67. The third-order valence-electron chi connectivity index (χ3n) is 3.88. The van der Waals surface area contributed by atoms with Gasteiger partial charge in [0.1, 0.15) is 5.75 Å². The molecule has 1 atom stereocenters. The van der Waals surface area contributed by atoms with E-state index in [4.69, 9.17) is 9.47 Å². The summed E-state index contributed by atoms with van der Waals surface area (Å²) in [4.78, 5) is 11.8. The fraction of sp³-hybridized carbons (Fsp3) is 0.533. The van der Waals surface area contributed by atoms with Gasteiger partial charge in [0.25, 0.3) is 0 Å². The molecule has 1 aliphatic carbocycles. The Morgan fingerprint density at radius 1 is 1.47 bits per heavy atom. The van der Waals surface area contributed by atoms with Gasteiger partial charge >= 0.3 is 5.97 Å². The zero-order valence-corrected chi connectivity index (χ0v) is 11.8. The van der Waals surface area contributed by atoms with E-state index in [1.807, 2.05) is 26.1 Å². The van der Waals surface area contributed by atoms with Crippen LogP contribution in [0.25, 0.3) is 0 Å². The Bertz CT molecular complexity index is 472. The van der Waals surface area contributed by atoms with Crippen LogP contribution in [0.15, 0.2) is 18.2 Å². The van der Waals surface area contributed by atoms with Crippen molar-refractivity contribution in [3.63, 3.8) is 0 Å². The molecule has 0 heterocycles. The highest BCUT2D eigenvalue weighted by atomic mass is 16.5. The summed E-state index contributed by atoms with van der Waals surface area (Å²) in [5.41, 5.74) is 2.11. The molecule has 4 heteroatoms. The van der Waals surface area contributed by atoms with Gasteiger partial charge in [0.05, 0.1) is 25.7 Å². The molecule has 0 bridgehead atoms. The average molecular weight is 263 g/mol. The average Bonchev–Trinajstić information content (AvgIpc) is 2.77. The molecule has 0 saturated heterocycles. The first-order chi connectivity index (χ1) is 9.15. The number of nitrogens with one attached hydrogen (secondary N) is 1. The molecular formula is C15H21NO3. The van der Waals surface area contributed by atoms with Gasteiger partial charge < -0.3 is 14.8 Å². The second-order valence-corrected chi connectivity index (χ2v) is 4.84. The Hall–Kier alpha value is -1.55. The first-order valence-corrected chi connectivity index (χ1v) is 6.67. The lowest BCUT2D eigenvalue weighted by atomic mass is 9.88. The second kappa shape index (κ2) is 5.61. The molecule has 1 aliphatic rings. The molecule has 1 N–H and O–H groups in total. The molecule has 2 rings (SSSR count). The smallest absolute Gasteiger partial charge is 0.308 e. The summed E-state index contributed by atoms with van der Waals surface area (Å²) < 4.78 is 10.4. The molecule has 0 saturated carbocycles. The van der Waals surface area contributed by atoms with Gasteiger partial charge in [-0.1, -0.05) is 6.07 Å². The van der Waals surface area contributed by atoms with Gasteiger partial charge in [-0.2, -0.15) is 0 Å². The number of methoxy groups -OCH3 is 1. The summed E-state index contributed by atoms with van der Waals surface area (Å²) >= 11 is 0. The van der Waals surface area contributed by atoms with E-state index in [1.165, 1.54) is 5.56 Å². The van der Waals surface area contributed by atoms with Crippen LogP contribution in [0.5, 0.6) is 5.75 Å². The number of esters is 1. The maximum atomic E-state index is 11.8. The number of rotatable bonds is 5. The van der Waals surface area contributed by atoms with Crippen molar-refractivity contribution in [3.8, 4) is 5.75 Å². The first kappa shape index (κ1) is 13.9. The monoisotopic (exact) mass is 263 g/mol. The highest BCUT2D eigenvalue weighted by Gasteiger charge is 2.39. The van der Waals surface area contributed by atoms with Gasteiger partial charge in [0, 0.05) is 0 Å². The largest absolute Gasteiger partial charge is 0.497 e. The quantitative estimate of drug-likeness (QED) is 0.826. The standard InChI is InChI=1S/C15H21NO3/c1-4-19-14(17)10-15(16-2)8-7-11-5-6-12(18-3)9-13(11)15/h5-6,9,16H,4,7-8,10H2,1-3H3. The zero-order valence-electron chi connectivity index (χ0n) is 11.8. The Morgan fingerprint density at radius 2 is 2.26 bits per heavy atom. The minimum Gasteiger partial charge on any atom is -0.497 e. The van der Waals surface area contributed by atoms with E-state index in [1.54, 1.807) is 7.11 Å². The van der Waals surface area contributed by atoms with Gasteiger partial charge in [0.2, 0.25) is 0 Å². The van der Waals surface area contributed by atoms with E-state index in [9.17, 15) is 4.79 Å². The van der Waals surface area contributed by atoms with E-state index in [-0.39, 0.29) is 11.5 Å². The number of aryl methyl sites for hydroxylation is 1. The highest BCUT2D eigenvalue weighted by molar-refractivity contribution is 5.72. The molecule has 0 spiro atoms. The van der Waals surface area contributed by atoms with E-state index < -0.39 is 0 Å². The van der Waals surface area contributed by atoms with Crippen LogP contribution in [0.2, 0.25) is 0 Å². The van der Waals surface area contributed by atoms with Gasteiger partial charge in [-0.3, -0.25) is 4.79 Å². The van der Waals surface area contributed by atoms with Crippen LogP contribution in [-0.4, -0.2) is 26.7 Å². The van der Waals surface area contributed by atoms with Gasteiger partial charge in [-0.25, -0.2) is 0 Å². The van der Waals surface area contributed by atoms with Crippen LogP contribution in [0.4, 0.5) is 0 Å². The molecule has 0 amide bonds. The number of hydrogen-bond acceptors (Lipinski definition) is 4. The molecule has 0 radical (unpaired) electrons. The van der Waals surface area contributed by atoms with Crippen LogP contribution in [0.1, 0.15) is 30.9 Å². The molecular weight excluding hydrogens is 242 g/mol. The van der Waals surface area contributed by atoms with E-state index in [2.05, 4.69) is 11.4 Å². The lowest BCUT2D eigenvalue weighted by Gasteiger charge is -2.29. The molecule has 104 valence electrons. The third-order valence-corrected chi connectivity index (χ3v) is 3.88. The number of benzene rings is 1. The summed E-state index contributed by atoms with van der Waals surface area (Å²) in [6, 6.07) is 6.07. The van der Waals surface area contributed by atoms with Crippen molar-refractivity contribution in [2.45, 2.75) is 31.7 Å². The van der Waals surface area contributed by atoms with E-state index >= 15 is 0 Å². The molecule has 0 fully saturated rings. The van der Waals surface area contributed by atoms with E-state index in [0.29, 0.717) is 13.0 Å². The highest BCUT2D eigenvalue weighted by Crippen LogP contribution is 2.41. The van der Waals surface area contributed by atoms with Crippen LogP contribution >= 0.6 is 0 Å². The maximum Gasteiger partial charge on any atom is 0.308 e. The van der Waals surface area contributed by atoms with Crippen molar-refractivity contribution in [1.82, 2.24) is 5.32 Å². The Morgan fingerprint density at radius 3 is 2.89 bits per heavy atom. The second-order valence-electron chi connectivity index (χ2n) is 4.84. The van der Waals surface area contributed by atoms with Crippen molar-refractivity contribution >= 4 is 5.97 Å². The van der Waals surface area contributed by atoms with Crippen LogP contribution < -0.4 is 10.1 Å². The van der Waals surface area contributed by atoms with Gasteiger partial charge in [-0.15, -0.1) is 0 Å². The third kappa shape index (κ3) is 2.59. The fourth-order valence-corrected chi connectivity index (χ4v) is 2.82. The number of fused-ring (bicyclic) bond motifs is 1. The molecule has 1 aromatic rings. The summed E-state index contributed by atoms with van der Waals surface area (Å²) in [7, 11) is 3.55. The number of hydrogen-bond donors (Lipinski definition) is 1. The number of carbonyl (C=O) groups excluding carboxylic acids is 1. The lowest BCUT2D eigenvalue weighted by molar-refractivity contribution is -0.145.